The van der Waals surface area contributed by atoms with Crippen LogP contribution in [0.15, 0.2) is 5.38 Å². The van der Waals surface area contributed by atoms with E-state index in [0.29, 0.717) is 5.69 Å². The third-order valence-electron chi connectivity index (χ3n) is 2.68. The Bertz CT molecular complexity index is 447. The van der Waals surface area contributed by atoms with E-state index in [4.69, 9.17) is 4.28 Å². The molecular weight excluding hydrogens is 300 g/mol. The fourth-order valence-corrected chi connectivity index (χ4v) is 2.90. The zero-order valence-electron chi connectivity index (χ0n) is 11.7. The Labute approximate surface area is 126 Å². The van der Waals surface area contributed by atoms with Gasteiger partial charge in [-0.2, -0.15) is 5.06 Å². The minimum Gasteiger partial charge on any atom is -0.464 e. The van der Waals surface area contributed by atoms with E-state index in [9.17, 15) is 4.79 Å². The second kappa shape index (κ2) is 7.23. The number of ether oxygens (including phenoxy) is 1. The summed E-state index contributed by atoms with van der Waals surface area (Å²) in [5.74, 6) is -0.392. The molecule has 1 saturated heterocycles. The van der Waals surface area contributed by atoms with E-state index in [-0.39, 0.29) is 0 Å². The van der Waals surface area contributed by atoms with Gasteiger partial charge in [0.05, 0.1) is 7.11 Å². The van der Waals surface area contributed by atoms with Crippen LogP contribution in [-0.2, 0) is 9.02 Å². The predicted octanol–water partition coefficient (Wildman–Crippen LogP) is 1.11. The molecule has 0 radical (unpaired) electrons. The highest BCUT2D eigenvalue weighted by molar-refractivity contribution is 7.92. The number of thiazole rings is 1. The van der Waals surface area contributed by atoms with Crippen molar-refractivity contribution < 1.29 is 13.8 Å². The lowest BCUT2D eigenvalue weighted by molar-refractivity contribution is -0.0447. The summed E-state index contributed by atoms with van der Waals surface area (Å²) in [6.07, 6.45) is 0. The molecule has 1 aromatic heterocycles. The van der Waals surface area contributed by atoms with Gasteiger partial charge in [-0.25, -0.2) is 18.4 Å². The number of carbonyl (C=O) groups is 1. The number of esters is 1. The van der Waals surface area contributed by atoms with Crippen molar-refractivity contribution in [2.45, 2.75) is 0 Å². The van der Waals surface area contributed by atoms with Crippen LogP contribution in [0.4, 0.5) is 5.13 Å². The SMILES string of the molecule is COC(=O)c1csc(N2CCN(OSN(C)C)CC2)n1. The van der Waals surface area contributed by atoms with Crippen molar-refractivity contribution in [3.63, 3.8) is 0 Å². The molecule has 2 rings (SSSR count). The van der Waals surface area contributed by atoms with E-state index in [1.807, 2.05) is 23.5 Å². The molecule has 0 aromatic carbocycles. The van der Waals surface area contributed by atoms with Gasteiger partial charge in [0.15, 0.2) is 10.8 Å². The molecule has 9 heteroatoms. The summed E-state index contributed by atoms with van der Waals surface area (Å²) in [5, 5.41) is 4.51. The quantitative estimate of drug-likeness (QED) is 0.455. The van der Waals surface area contributed by atoms with Crippen LogP contribution >= 0.6 is 23.6 Å². The first-order valence-corrected chi connectivity index (χ1v) is 7.74. The van der Waals surface area contributed by atoms with Crippen LogP contribution < -0.4 is 4.90 Å². The Kier molecular flexibility index (Phi) is 5.61. The summed E-state index contributed by atoms with van der Waals surface area (Å²) in [5.41, 5.74) is 0.370. The molecule has 1 aliphatic rings. The highest BCUT2D eigenvalue weighted by Crippen LogP contribution is 2.23. The number of hydrogen-bond donors (Lipinski definition) is 0. The number of carbonyl (C=O) groups excluding carboxylic acids is 1. The number of hydrogen-bond acceptors (Lipinski definition) is 9. The van der Waals surface area contributed by atoms with Crippen molar-refractivity contribution in [2.24, 2.45) is 0 Å². The predicted molar refractivity (Wildman–Crippen MR) is 79.6 cm³/mol. The average Bonchev–Trinajstić information content (AvgIpc) is 2.94. The van der Waals surface area contributed by atoms with E-state index < -0.39 is 5.97 Å². The second-order valence-corrected chi connectivity index (χ2v) is 6.25. The maximum Gasteiger partial charge on any atom is 0.357 e. The molecule has 0 amide bonds. The lowest BCUT2D eigenvalue weighted by Gasteiger charge is -2.33. The maximum atomic E-state index is 11.4. The van der Waals surface area contributed by atoms with E-state index in [2.05, 4.69) is 14.6 Å². The zero-order valence-corrected chi connectivity index (χ0v) is 13.4. The van der Waals surface area contributed by atoms with Gasteiger partial charge in [-0.3, -0.25) is 0 Å². The van der Waals surface area contributed by atoms with Crippen molar-refractivity contribution in [3.8, 4) is 0 Å². The van der Waals surface area contributed by atoms with Gasteiger partial charge in [-0.1, -0.05) is 0 Å². The largest absolute Gasteiger partial charge is 0.464 e. The Balaban J connectivity index is 1.84. The molecule has 0 saturated carbocycles. The summed E-state index contributed by atoms with van der Waals surface area (Å²) in [6.45, 7) is 3.24. The molecule has 0 atom stereocenters. The van der Waals surface area contributed by atoms with Gasteiger partial charge in [0, 0.05) is 31.6 Å². The number of methoxy groups -OCH3 is 1. The van der Waals surface area contributed by atoms with Gasteiger partial charge in [0.25, 0.3) is 0 Å². The minimum absolute atomic E-state index is 0.370. The van der Waals surface area contributed by atoms with Gasteiger partial charge in [-0.15, -0.1) is 11.3 Å². The first-order chi connectivity index (χ1) is 9.60. The molecule has 2 heterocycles. The molecule has 1 aromatic rings. The average molecular weight is 318 g/mol. The van der Waals surface area contributed by atoms with Gasteiger partial charge in [0.1, 0.15) is 12.2 Å². The number of aromatic nitrogens is 1. The first-order valence-electron chi connectivity index (χ1n) is 6.16. The Hall–Kier alpha value is -0.870. The molecule has 1 fully saturated rings. The van der Waals surface area contributed by atoms with E-state index in [1.165, 1.54) is 30.7 Å². The molecule has 7 nitrogen and oxygen atoms in total. The first kappa shape index (κ1) is 15.5. The normalized spacial score (nSPS) is 16.7. The zero-order chi connectivity index (χ0) is 14.5. The Morgan fingerprint density at radius 1 is 1.40 bits per heavy atom. The fourth-order valence-electron chi connectivity index (χ4n) is 1.68. The number of anilines is 1. The number of rotatable bonds is 5. The van der Waals surface area contributed by atoms with Crippen LogP contribution in [-0.4, -0.2) is 67.7 Å². The van der Waals surface area contributed by atoms with Crippen LogP contribution in [0.1, 0.15) is 10.5 Å². The van der Waals surface area contributed by atoms with Gasteiger partial charge in [-0.05, 0) is 14.1 Å². The van der Waals surface area contributed by atoms with E-state index in [1.54, 1.807) is 5.38 Å². The van der Waals surface area contributed by atoms with Crippen LogP contribution in [0.5, 0.6) is 0 Å². The number of hydroxylamine groups is 2. The lowest BCUT2D eigenvalue weighted by Crippen LogP contribution is -2.45. The molecule has 112 valence electrons. The van der Waals surface area contributed by atoms with Crippen molar-refractivity contribution >= 4 is 34.7 Å². The molecule has 0 aliphatic carbocycles. The monoisotopic (exact) mass is 318 g/mol. The number of nitrogens with zero attached hydrogens (tertiary/aromatic N) is 4. The molecule has 0 bridgehead atoms. The summed E-state index contributed by atoms with van der Waals surface area (Å²) in [6, 6.07) is 0. The number of piperazine rings is 1. The molecule has 20 heavy (non-hydrogen) atoms. The fraction of sp³-hybridized carbons (Fsp3) is 0.636. The smallest absolute Gasteiger partial charge is 0.357 e. The summed E-state index contributed by atoms with van der Waals surface area (Å²) < 4.78 is 12.1. The third kappa shape index (κ3) is 4.06. The highest BCUT2D eigenvalue weighted by Gasteiger charge is 2.21. The third-order valence-corrected chi connectivity index (χ3v) is 4.16. The van der Waals surface area contributed by atoms with Gasteiger partial charge < -0.3 is 9.64 Å². The van der Waals surface area contributed by atoms with E-state index in [0.717, 1.165) is 31.3 Å². The van der Waals surface area contributed by atoms with Crippen LogP contribution in [0.3, 0.4) is 0 Å². The lowest BCUT2D eigenvalue weighted by atomic mass is 10.4. The Morgan fingerprint density at radius 2 is 2.10 bits per heavy atom. The maximum absolute atomic E-state index is 11.4. The topological polar surface area (TPSA) is 58.1 Å². The van der Waals surface area contributed by atoms with Crippen molar-refractivity contribution in [1.29, 1.82) is 0 Å². The van der Waals surface area contributed by atoms with Crippen molar-refractivity contribution in [2.75, 3.05) is 52.3 Å². The molecule has 0 spiro atoms. The molecule has 0 unspecified atom stereocenters. The summed E-state index contributed by atoms with van der Waals surface area (Å²) >= 11 is 2.77. The molecular formula is C11H18N4O3S2. The van der Waals surface area contributed by atoms with Gasteiger partial charge >= 0.3 is 5.97 Å². The summed E-state index contributed by atoms with van der Waals surface area (Å²) in [7, 11) is 5.23. The standard InChI is InChI=1S/C11H18N4O3S2/c1-13(2)20-18-15-6-4-14(5-7-15)11-12-9(8-19-11)10(16)17-3/h8H,4-7H2,1-3H3. The van der Waals surface area contributed by atoms with Crippen molar-refractivity contribution in [3.05, 3.63) is 11.1 Å². The van der Waals surface area contributed by atoms with Crippen LogP contribution in [0.2, 0.25) is 0 Å². The Morgan fingerprint density at radius 3 is 2.70 bits per heavy atom. The van der Waals surface area contributed by atoms with Crippen molar-refractivity contribution in [1.82, 2.24) is 14.4 Å². The minimum atomic E-state index is -0.392. The molecule has 1 aliphatic heterocycles. The highest BCUT2D eigenvalue weighted by atomic mass is 32.2. The van der Waals surface area contributed by atoms with E-state index >= 15 is 0 Å². The van der Waals surface area contributed by atoms with Crippen LogP contribution in [0, 0.1) is 0 Å². The molecule has 0 N–H and O–H groups in total. The van der Waals surface area contributed by atoms with Gasteiger partial charge in [0.2, 0.25) is 0 Å². The second-order valence-electron chi connectivity index (χ2n) is 4.38. The summed E-state index contributed by atoms with van der Waals surface area (Å²) in [4.78, 5) is 17.8. The van der Waals surface area contributed by atoms with Crippen LogP contribution in [0.25, 0.3) is 0 Å².